The predicted molar refractivity (Wildman–Crippen MR) is 191 cm³/mol. The molecule has 6 heterocycles. The summed E-state index contributed by atoms with van der Waals surface area (Å²) in [5, 5.41) is 12.9. The van der Waals surface area contributed by atoms with Gasteiger partial charge in [0.05, 0.1) is 23.2 Å². The van der Waals surface area contributed by atoms with Crippen LogP contribution in [0.25, 0.3) is 21.6 Å². The van der Waals surface area contributed by atoms with Gasteiger partial charge in [-0.3, -0.25) is 23.9 Å². The normalized spacial score (nSPS) is 20.7. The minimum Gasteiger partial charge on any atom is -0.388 e. The number of pyridine rings is 1. The Morgan fingerprint density at radius 3 is 2.46 bits per heavy atom. The average molecular weight is 692 g/mol. The molecule has 3 fully saturated rings. The molecular weight excluding hydrogens is 651 g/mol. The van der Waals surface area contributed by atoms with Gasteiger partial charge in [0.2, 0.25) is 5.91 Å². The van der Waals surface area contributed by atoms with Gasteiger partial charge in [-0.25, -0.2) is 9.97 Å². The van der Waals surface area contributed by atoms with Crippen LogP contribution in [0.2, 0.25) is 0 Å². The maximum atomic E-state index is 14.2. The number of carbonyl (C=O) groups is 2. The number of nitrogens with zero attached hydrogens (tertiary/aromatic N) is 7. The molecule has 0 bridgehead atoms. The summed E-state index contributed by atoms with van der Waals surface area (Å²) in [6.07, 6.45) is 8.75. The van der Waals surface area contributed by atoms with E-state index in [2.05, 4.69) is 14.5 Å². The first-order valence-electron chi connectivity index (χ1n) is 17.5. The van der Waals surface area contributed by atoms with Crippen molar-refractivity contribution in [2.45, 2.75) is 70.1 Å². The molecule has 11 nitrogen and oxygen atoms in total. The SMILES string of the molecule is Cc1ccc(-c2nc(C)c(C(=O)N3CC[C@@H](C(=O)N4CCC(O)(Cn5cnc6c(ccn6C6CC6)c5=O)CC4)[C@H](c4ccccc4)C3)s2)cn1. The van der Waals surface area contributed by atoms with Crippen molar-refractivity contribution in [3.05, 3.63) is 99.4 Å². The number of aliphatic hydroxyl groups is 1. The van der Waals surface area contributed by atoms with Crippen LogP contribution in [0.5, 0.6) is 0 Å². The highest BCUT2D eigenvalue weighted by Crippen LogP contribution is 2.38. The summed E-state index contributed by atoms with van der Waals surface area (Å²) in [5.74, 6) is -0.476. The van der Waals surface area contributed by atoms with Gasteiger partial charge >= 0.3 is 0 Å². The minimum absolute atomic E-state index is 0.0535. The van der Waals surface area contributed by atoms with Crippen molar-refractivity contribution in [2.24, 2.45) is 5.92 Å². The van der Waals surface area contributed by atoms with Crippen LogP contribution in [-0.2, 0) is 11.3 Å². The molecule has 0 unspecified atom stereocenters. The molecule has 12 heteroatoms. The fourth-order valence-corrected chi connectivity index (χ4v) is 8.64. The lowest BCUT2D eigenvalue weighted by Gasteiger charge is -2.43. The van der Waals surface area contributed by atoms with Gasteiger partial charge in [0.25, 0.3) is 11.5 Å². The topological polar surface area (TPSA) is 126 Å². The maximum absolute atomic E-state index is 14.2. The standard InChI is InChI=1S/C38H41N7O4S/c1-24-8-9-27(20-39-24)34-41-25(2)32(50-34)37(48)43-16-12-29(31(21-43)26-6-4-3-5-7-26)35(46)42-18-14-38(49,15-19-42)22-44-23-40-33-30(36(44)47)13-17-45(33)28-10-11-28/h3-9,13,17,20,23,28-29,31,49H,10-12,14-16,18-19,21-22H2,1-2H3/t29-,31+/m1/s1. The maximum Gasteiger partial charge on any atom is 0.265 e. The van der Waals surface area contributed by atoms with Gasteiger partial charge in [0.15, 0.2) is 0 Å². The second-order valence-electron chi connectivity index (χ2n) is 14.2. The molecule has 0 radical (unpaired) electrons. The summed E-state index contributed by atoms with van der Waals surface area (Å²) in [6, 6.07) is 16.1. The Hall–Kier alpha value is -4.68. The highest BCUT2D eigenvalue weighted by molar-refractivity contribution is 7.17. The van der Waals surface area contributed by atoms with Crippen LogP contribution in [-0.4, -0.2) is 82.6 Å². The summed E-state index contributed by atoms with van der Waals surface area (Å²) < 4.78 is 3.59. The molecule has 8 rings (SSSR count). The van der Waals surface area contributed by atoms with Gasteiger partial charge in [0, 0.05) is 67.7 Å². The molecule has 2 saturated heterocycles. The fourth-order valence-electron chi connectivity index (χ4n) is 7.61. The summed E-state index contributed by atoms with van der Waals surface area (Å²) in [6.45, 7) is 5.63. The largest absolute Gasteiger partial charge is 0.388 e. The predicted octanol–water partition coefficient (Wildman–Crippen LogP) is 4.97. The van der Waals surface area contributed by atoms with Crippen molar-refractivity contribution < 1.29 is 14.7 Å². The Morgan fingerprint density at radius 2 is 1.74 bits per heavy atom. The molecule has 3 aliphatic rings. The lowest BCUT2D eigenvalue weighted by molar-refractivity contribution is -0.142. The lowest BCUT2D eigenvalue weighted by atomic mass is 9.79. The molecular formula is C38H41N7O4S. The Morgan fingerprint density at radius 1 is 0.960 bits per heavy atom. The number of benzene rings is 1. The van der Waals surface area contributed by atoms with Crippen LogP contribution in [0.1, 0.15) is 70.7 Å². The number of thiazole rings is 1. The first-order valence-corrected chi connectivity index (χ1v) is 18.3. The summed E-state index contributed by atoms with van der Waals surface area (Å²) >= 11 is 1.39. The Balaban J connectivity index is 0.956. The number of likely N-dealkylation sites (tertiary alicyclic amines) is 2. The quantitative estimate of drug-likeness (QED) is 0.256. The van der Waals surface area contributed by atoms with Crippen LogP contribution in [0.15, 0.2) is 72.0 Å². The zero-order valence-electron chi connectivity index (χ0n) is 28.4. The van der Waals surface area contributed by atoms with Crippen molar-refractivity contribution in [1.82, 2.24) is 33.9 Å². The molecule has 4 aromatic heterocycles. The van der Waals surface area contributed by atoms with E-state index in [1.807, 2.05) is 78.4 Å². The number of fused-ring (bicyclic) bond motifs is 1. The molecule has 1 saturated carbocycles. The smallest absolute Gasteiger partial charge is 0.265 e. The zero-order chi connectivity index (χ0) is 34.6. The number of amides is 2. The fraction of sp³-hybridized carbons (Fsp3) is 0.421. The van der Waals surface area contributed by atoms with Crippen LogP contribution in [0, 0.1) is 19.8 Å². The number of carbonyl (C=O) groups excluding carboxylic acids is 2. The number of hydrogen-bond donors (Lipinski definition) is 1. The van der Waals surface area contributed by atoms with Gasteiger partial charge in [-0.1, -0.05) is 30.3 Å². The number of piperidine rings is 2. The molecule has 1 aromatic carbocycles. The van der Waals surface area contributed by atoms with Crippen LogP contribution in [0.4, 0.5) is 0 Å². The highest BCUT2D eigenvalue weighted by Gasteiger charge is 2.42. The Kier molecular flexibility index (Phi) is 8.39. The molecule has 2 atom stereocenters. The second kappa shape index (κ2) is 12.9. The van der Waals surface area contributed by atoms with E-state index in [0.717, 1.165) is 34.7 Å². The van der Waals surface area contributed by atoms with Crippen LogP contribution >= 0.6 is 11.3 Å². The number of aryl methyl sites for hydroxylation is 2. The summed E-state index contributed by atoms with van der Waals surface area (Å²) in [4.78, 5) is 59.5. The molecule has 0 spiro atoms. The number of aromatic nitrogens is 5. The molecule has 1 aliphatic carbocycles. The van der Waals surface area contributed by atoms with Crippen molar-refractivity contribution in [3.8, 4) is 10.6 Å². The minimum atomic E-state index is -1.12. The zero-order valence-corrected chi connectivity index (χ0v) is 29.2. The monoisotopic (exact) mass is 691 g/mol. The lowest BCUT2D eigenvalue weighted by Crippen LogP contribution is -2.53. The first kappa shape index (κ1) is 32.5. The van der Waals surface area contributed by atoms with E-state index in [1.54, 1.807) is 12.5 Å². The molecule has 50 heavy (non-hydrogen) atoms. The van der Waals surface area contributed by atoms with Crippen molar-refractivity contribution in [3.63, 3.8) is 0 Å². The third-order valence-corrected chi connectivity index (χ3v) is 11.9. The average Bonchev–Trinajstić information content (AvgIpc) is 3.76. The van der Waals surface area contributed by atoms with Gasteiger partial charge < -0.3 is 19.5 Å². The van der Waals surface area contributed by atoms with E-state index in [4.69, 9.17) is 4.98 Å². The molecule has 5 aromatic rings. The second-order valence-corrected chi connectivity index (χ2v) is 15.2. The van der Waals surface area contributed by atoms with E-state index in [-0.39, 0.29) is 35.8 Å². The molecule has 1 N–H and O–H groups in total. The van der Waals surface area contributed by atoms with Gasteiger partial charge in [-0.15, -0.1) is 11.3 Å². The third-order valence-electron chi connectivity index (χ3n) is 10.7. The van der Waals surface area contributed by atoms with E-state index in [9.17, 15) is 19.5 Å². The van der Waals surface area contributed by atoms with Gasteiger partial charge in [-0.2, -0.15) is 0 Å². The number of hydrogen-bond acceptors (Lipinski definition) is 8. The van der Waals surface area contributed by atoms with E-state index in [1.165, 1.54) is 15.9 Å². The van der Waals surface area contributed by atoms with E-state index < -0.39 is 5.60 Å². The molecule has 258 valence electrons. The van der Waals surface area contributed by atoms with Gasteiger partial charge in [0.1, 0.15) is 21.9 Å². The summed E-state index contributed by atoms with van der Waals surface area (Å²) in [7, 11) is 0. The van der Waals surface area contributed by atoms with E-state index >= 15 is 0 Å². The van der Waals surface area contributed by atoms with Gasteiger partial charge in [-0.05, 0) is 69.7 Å². The summed E-state index contributed by atoms with van der Waals surface area (Å²) in [5.41, 5.74) is 2.96. The van der Waals surface area contributed by atoms with Crippen LogP contribution in [0.3, 0.4) is 0 Å². The molecule has 2 amide bonds. The van der Waals surface area contributed by atoms with Crippen LogP contribution < -0.4 is 5.56 Å². The van der Waals surface area contributed by atoms with Crippen molar-refractivity contribution >= 4 is 34.2 Å². The third kappa shape index (κ3) is 6.15. The van der Waals surface area contributed by atoms with Crippen molar-refractivity contribution in [2.75, 3.05) is 26.2 Å². The van der Waals surface area contributed by atoms with E-state index in [0.29, 0.717) is 73.1 Å². The molecule has 2 aliphatic heterocycles. The number of rotatable bonds is 7. The first-order chi connectivity index (χ1) is 24.2. The Labute approximate surface area is 294 Å². The van der Waals surface area contributed by atoms with Crippen molar-refractivity contribution in [1.29, 1.82) is 0 Å². The highest BCUT2D eigenvalue weighted by atomic mass is 32.1. The Bertz CT molecular complexity index is 2110.